The van der Waals surface area contributed by atoms with Crippen LogP contribution in [-0.2, 0) is 14.8 Å². The molecule has 2 aromatic rings. The average molecular weight is 386 g/mol. The Kier molecular flexibility index (Phi) is 5.72. The van der Waals surface area contributed by atoms with Gasteiger partial charge in [-0.3, -0.25) is 9.59 Å². The van der Waals surface area contributed by atoms with Crippen LogP contribution in [0.5, 0.6) is 0 Å². The quantitative estimate of drug-likeness (QED) is 0.801. The molecule has 0 bridgehead atoms. The van der Waals surface area contributed by atoms with Crippen LogP contribution >= 0.6 is 0 Å². The van der Waals surface area contributed by atoms with Crippen molar-refractivity contribution >= 4 is 27.4 Å². The molecule has 1 N–H and O–H groups in total. The molecule has 6 nitrogen and oxygen atoms in total. The minimum atomic E-state index is -3.32. The molecule has 1 aliphatic heterocycles. The Balaban J connectivity index is 1.78. The van der Waals surface area contributed by atoms with Gasteiger partial charge in [0.1, 0.15) is 0 Å². The van der Waals surface area contributed by atoms with Crippen LogP contribution in [0, 0.1) is 5.92 Å². The number of amides is 1. The number of piperidine rings is 1. The van der Waals surface area contributed by atoms with Gasteiger partial charge in [0, 0.05) is 24.2 Å². The van der Waals surface area contributed by atoms with E-state index in [0.717, 1.165) is 6.26 Å². The third-order valence-electron chi connectivity index (χ3n) is 4.69. The zero-order chi connectivity index (χ0) is 19.4. The van der Waals surface area contributed by atoms with Crippen LogP contribution in [0.1, 0.15) is 28.8 Å². The summed E-state index contributed by atoms with van der Waals surface area (Å²) < 4.78 is 24.9. The molecule has 1 aliphatic rings. The number of rotatable bonds is 5. The normalized spacial score (nSPS) is 18.0. The van der Waals surface area contributed by atoms with Crippen molar-refractivity contribution in [3.05, 3.63) is 65.7 Å². The Labute approximate surface area is 159 Å². The number of anilines is 1. The van der Waals surface area contributed by atoms with Crippen molar-refractivity contribution in [2.24, 2.45) is 5.92 Å². The van der Waals surface area contributed by atoms with Crippen molar-refractivity contribution in [3.8, 4) is 0 Å². The summed E-state index contributed by atoms with van der Waals surface area (Å²) in [6, 6.07) is 15.7. The minimum Gasteiger partial charge on any atom is -0.325 e. The van der Waals surface area contributed by atoms with Crippen molar-refractivity contribution in [2.45, 2.75) is 12.8 Å². The van der Waals surface area contributed by atoms with Gasteiger partial charge in [0.2, 0.25) is 15.9 Å². The fourth-order valence-corrected chi connectivity index (χ4v) is 4.14. The smallest absolute Gasteiger partial charge is 0.228 e. The van der Waals surface area contributed by atoms with E-state index in [9.17, 15) is 18.0 Å². The van der Waals surface area contributed by atoms with E-state index in [1.54, 1.807) is 48.5 Å². The Morgan fingerprint density at radius 3 is 2.41 bits per heavy atom. The fraction of sp³-hybridized carbons (Fsp3) is 0.300. The summed E-state index contributed by atoms with van der Waals surface area (Å²) in [6.07, 6.45) is 2.41. The summed E-state index contributed by atoms with van der Waals surface area (Å²) in [4.78, 5) is 25.5. The van der Waals surface area contributed by atoms with Gasteiger partial charge in [-0.25, -0.2) is 12.7 Å². The molecule has 7 heteroatoms. The number of hydrogen-bond acceptors (Lipinski definition) is 4. The maximum absolute atomic E-state index is 12.8. The number of nitrogens with one attached hydrogen (secondary N) is 1. The number of ketones is 1. The largest absolute Gasteiger partial charge is 0.325 e. The number of benzene rings is 2. The Morgan fingerprint density at radius 2 is 1.70 bits per heavy atom. The topological polar surface area (TPSA) is 83.6 Å². The molecule has 0 saturated carbocycles. The summed E-state index contributed by atoms with van der Waals surface area (Å²) >= 11 is 0. The van der Waals surface area contributed by atoms with Crippen molar-refractivity contribution in [1.82, 2.24) is 4.31 Å². The van der Waals surface area contributed by atoms with Crippen molar-refractivity contribution < 1.29 is 18.0 Å². The molecule has 1 heterocycles. The maximum Gasteiger partial charge on any atom is 0.228 e. The standard InChI is InChI=1S/C20H22N2O4S/c1-27(25,26)22-13-7-10-16(14-22)20(24)21-18-12-6-5-11-17(18)19(23)15-8-3-2-4-9-15/h2-6,8-9,11-12,16H,7,10,13-14H2,1H3,(H,21,24)/t16-/m1/s1. The van der Waals surface area contributed by atoms with Gasteiger partial charge in [0.25, 0.3) is 0 Å². The zero-order valence-electron chi connectivity index (χ0n) is 15.1. The predicted molar refractivity (Wildman–Crippen MR) is 104 cm³/mol. The summed E-state index contributed by atoms with van der Waals surface area (Å²) in [5, 5.41) is 2.82. The van der Waals surface area contributed by atoms with Gasteiger partial charge in [-0.2, -0.15) is 0 Å². The van der Waals surface area contributed by atoms with E-state index in [-0.39, 0.29) is 18.2 Å². The van der Waals surface area contributed by atoms with E-state index in [0.29, 0.717) is 36.2 Å². The molecule has 0 aromatic heterocycles. The summed E-state index contributed by atoms with van der Waals surface area (Å²) in [7, 11) is -3.32. The maximum atomic E-state index is 12.8. The fourth-order valence-electron chi connectivity index (χ4n) is 3.23. The monoisotopic (exact) mass is 386 g/mol. The molecule has 0 unspecified atom stereocenters. The van der Waals surface area contributed by atoms with Gasteiger partial charge in [0.15, 0.2) is 5.78 Å². The van der Waals surface area contributed by atoms with E-state index in [2.05, 4.69) is 5.32 Å². The third-order valence-corrected chi connectivity index (χ3v) is 5.96. The van der Waals surface area contributed by atoms with Gasteiger partial charge in [-0.15, -0.1) is 0 Å². The minimum absolute atomic E-state index is 0.166. The zero-order valence-corrected chi connectivity index (χ0v) is 15.9. The van der Waals surface area contributed by atoms with Crippen molar-refractivity contribution in [2.75, 3.05) is 24.7 Å². The molecular weight excluding hydrogens is 364 g/mol. The number of carbonyl (C=O) groups is 2. The van der Waals surface area contributed by atoms with Gasteiger partial charge in [-0.1, -0.05) is 42.5 Å². The van der Waals surface area contributed by atoms with Crippen LogP contribution in [0.15, 0.2) is 54.6 Å². The first-order valence-electron chi connectivity index (χ1n) is 8.81. The summed E-state index contributed by atoms with van der Waals surface area (Å²) in [5.74, 6) is -0.877. The Hall–Kier alpha value is -2.51. The second kappa shape index (κ2) is 8.02. The molecule has 1 atom stereocenters. The van der Waals surface area contributed by atoms with Gasteiger partial charge >= 0.3 is 0 Å². The molecule has 0 radical (unpaired) electrons. The number of hydrogen-bond donors (Lipinski definition) is 1. The average Bonchev–Trinajstić information content (AvgIpc) is 2.68. The first kappa shape index (κ1) is 19.3. The highest BCUT2D eigenvalue weighted by Crippen LogP contribution is 2.23. The van der Waals surface area contributed by atoms with Crippen molar-refractivity contribution in [3.63, 3.8) is 0 Å². The lowest BCUT2D eigenvalue weighted by Crippen LogP contribution is -2.43. The molecular formula is C20H22N2O4S. The van der Waals surface area contributed by atoms with Gasteiger partial charge < -0.3 is 5.32 Å². The molecule has 0 aliphatic carbocycles. The number of carbonyl (C=O) groups excluding carboxylic acids is 2. The molecule has 1 fully saturated rings. The summed E-state index contributed by atoms with van der Waals surface area (Å²) in [6.45, 7) is 0.602. The van der Waals surface area contributed by atoms with Gasteiger partial charge in [0.05, 0.1) is 17.9 Å². The SMILES string of the molecule is CS(=O)(=O)N1CCC[C@@H](C(=O)Nc2ccccc2C(=O)c2ccccc2)C1. The molecule has 3 rings (SSSR count). The van der Waals surface area contributed by atoms with Crippen LogP contribution in [0.4, 0.5) is 5.69 Å². The lowest BCUT2D eigenvalue weighted by molar-refractivity contribution is -0.120. The Bertz CT molecular complexity index is 941. The molecule has 0 spiro atoms. The second-order valence-electron chi connectivity index (χ2n) is 6.69. The first-order chi connectivity index (χ1) is 12.9. The highest BCUT2D eigenvalue weighted by atomic mass is 32.2. The van der Waals surface area contributed by atoms with Crippen LogP contribution in [0.2, 0.25) is 0 Å². The number of para-hydroxylation sites is 1. The van der Waals surface area contributed by atoms with Crippen molar-refractivity contribution in [1.29, 1.82) is 0 Å². The molecule has 27 heavy (non-hydrogen) atoms. The number of sulfonamides is 1. The third kappa shape index (κ3) is 4.61. The van der Waals surface area contributed by atoms with E-state index in [1.165, 1.54) is 4.31 Å². The molecule has 1 saturated heterocycles. The lowest BCUT2D eigenvalue weighted by Gasteiger charge is -2.30. The van der Waals surface area contributed by atoms with E-state index >= 15 is 0 Å². The number of nitrogens with zero attached hydrogens (tertiary/aromatic N) is 1. The molecule has 142 valence electrons. The van der Waals surface area contributed by atoms with Crippen LogP contribution in [0.25, 0.3) is 0 Å². The highest BCUT2D eigenvalue weighted by molar-refractivity contribution is 7.88. The van der Waals surface area contributed by atoms with E-state index in [1.807, 2.05) is 6.07 Å². The van der Waals surface area contributed by atoms with E-state index < -0.39 is 15.9 Å². The predicted octanol–water partition coefficient (Wildman–Crippen LogP) is 2.53. The highest BCUT2D eigenvalue weighted by Gasteiger charge is 2.30. The summed E-state index contributed by atoms with van der Waals surface area (Å²) in [5.41, 5.74) is 1.39. The first-order valence-corrected chi connectivity index (χ1v) is 10.7. The van der Waals surface area contributed by atoms with Crippen LogP contribution < -0.4 is 5.32 Å². The van der Waals surface area contributed by atoms with Crippen LogP contribution in [-0.4, -0.2) is 43.8 Å². The molecule has 1 amide bonds. The Morgan fingerprint density at radius 1 is 1.04 bits per heavy atom. The van der Waals surface area contributed by atoms with E-state index in [4.69, 9.17) is 0 Å². The lowest BCUT2D eigenvalue weighted by atomic mass is 9.97. The molecule has 2 aromatic carbocycles. The van der Waals surface area contributed by atoms with Crippen LogP contribution in [0.3, 0.4) is 0 Å². The van der Waals surface area contributed by atoms with Gasteiger partial charge in [-0.05, 0) is 25.0 Å². The second-order valence-corrected chi connectivity index (χ2v) is 8.67.